The lowest BCUT2D eigenvalue weighted by molar-refractivity contribution is -0.0227. The summed E-state index contributed by atoms with van der Waals surface area (Å²) in [6.07, 6.45) is 0.995. The number of aromatic hydroxyl groups is 1. The van der Waals surface area contributed by atoms with Crippen LogP contribution in [0.4, 0.5) is 0 Å². The Bertz CT molecular complexity index is 450. The van der Waals surface area contributed by atoms with Gasteiger partial charge in [0.2, 0.25) is 0 Å². The Morgan fingerprint density at radius 3 is 3.11 bits per heavy atom. The van der Waals surface area contributed by atoms with Crippen LogP contribution in [-0.4, -0.2) is 41.7 Å². The Morgan fingerprint density at radius 2 is 2.39 bits per heavy atom. The summed E-state index contributed by atoms with van der Waals surface area (Å²) in [5.74, 6) is -0.0762. The number of phenols is 1. The van der Waals surface area contributed by atoms with E-state index in [1.807, 2.05) is 6.92 Å². The second-order valence-electron chi connectivity index (χ2n) is 4.31. The van der Waals surface area contributed by atoms with Gasteiger partial charge in [-0.3, -0.25) is 4.79 Å². The number of phenolic OH excluding ortho intramolecular Hbond substituents is 1. The lowest BCUT2D eigenvalue weighted by Gasteiger charge is -2.32. The van der Waals surface area contributed by atoms with Crippen LogP contribution >= 0.6 is 22.6 Å². The molecule has 1 atom stereocenters. The lowest BCUT2D eigenvalue weighted by Crippen LogP contribution is -2.45. The van der Waals surface area contributed by atoms with Crippen LogP contribution in [0, 0.1) is 3.57 Å². The molecule has 0 bridgehead atoms. The number of ether oxygens (including phenoxy) is 1. The van der Waals surface area contributed by atoms with Crippen molar-refractivity contribution in [3.63, 3.8) is 0 Å². The standard InChI is InChI=1S/C13H16INO3/c1-2-10-8-15(5-6-18-10)13(17)11-7-9(14)3-4-12(11)16/h3-4,7,10,16H,2,5-6,8H2,1H3. The Hall–Kier alpha value is -0.820. The van der Waals surface area contributed by atoms with Gasteiger partial charge in [0.05, 0.1) is 18.3 Å². The van der Waals surface area contributed by atoms with Crippen LogP contribution < -0.4 is 0 Å². The summed E-state index contributed by atoms with van der Waals surface area (Å²) < 4.78 is 6.48. The minimum atomic E-state index is -0.118. The maximum absolute atomic E-state index is 12.3. The molecule has 0 spiro atoms. The SMILES string of the molecule is CCC1CN(C(=O)c2cc(I)ccc2O)CCO1. The van der Waals surface area contributed by atoms with Gasteiger partial charge in [-0.25, -0.2) is 0 Å². The van der Waals surface area contributed by atoms with Crippen molar-refractivity contribution >= 4 is 28.5 Å². The summed E-state index contributed by atoms with van der Waals surface area (Å²) >= 11 is 2.13. The van der Waals surface area contributed by atoms with Crippen molar-refractivity contribution in [3.8, 4) is 5.75 Å². The minimum absolute atomic E-state index is 0.0416. The van der Waals surface area contributed by atoms with Crippen LogP contribution in [0.2, 0.25) is 0 Å². The van der Waals surface area contributed by atoms with Gasteiger partial charge in [-0.2, -0.15) is 0 Å². The number of hydrogen-bond acceptors (Lipinski definition) is 3. The molecule has 1 unspecified atom stereocenters. The van der Waals surface area contributed by atoms with Crippen LogP contribution in [-0.2, 0) is 4.74 Å². The van der Waals surface area contributed by atoms with Crippen molar-refractivity contribution in [3.05, 3.63) is 27.3 Å². The second-order valence-corrected chi connectivity index (χ2v) is 5.56. The van der Waals surface area contributed by atoms with Crippen molar-refractivity contribution in [2.75, 3.05) is 19.7 Å². The third-order valence-corrected chi connectivity index (χ3v) is 3.74. The fraction of sp³-hybridized carbons (Fsp3) is 0.462. The topological polar surface area (TPSA) is 49.8 Å². The first-order valence-electron chi connectivity index (χ1n) is 6.01. The molecular weight excluding hydrogens is 345 g/mol. The monoisotopic (exact) mass is 361 g/mol. The summed E-state index contributed by atoms with van der Waals surface area (Å²) in [5.41, 5.74) is 0.374. The molecule has 18 heavy (non-hydrogen) atoms. The number of carbonyl (C=O) groups excluding carboxylic acids is 1. The Morgan fingerprint density at radius 1 is 1.61 bits per heavy atom. The van der Waals surface area contributed by atoms with Crippen molar-refractivity contribution < 1.29 is 14.6 Å². The summed E-state index contributed by atoms with van der Waals surface area (Å²) in [6, 6.07) is 5.06. The number of morpholine rings is 1. The Kier molecular flexibility index (Phi) is 4.45. The molecular formula is C13H16INO3. The molecule has 4 nitrogen and oxygen atoms in total. The highest BCUT2D eigenvalue weighted by Gasteiger charge is 2.25. The zero-order chi connectivity index (χ0) is 13.1. The summed E-state index contributed by atoms with van der Waals surface area (Å²) in [7, 11) is 0. The Balaban J connectivity index is 2.17. The summed E-state index contributed by atoms with van der Waals surface area (Å²) in [4.78, 5) is 14.1. The van der Waals surface area contributed by atoms with E-state index >= 15 is 0 Å². The molecule has 1 aromatic carbocycles. The van der Waals surface area contributed by atoms with Crippen LogP contribution in [0.15, 0.2) is 18.2 Å². The van der Waals surface area contributed by atoms with Gasteiger partial charge in [0.1, 0.15) is 5.75 Å². The summed E-state index contributed by atoms with van der Waals surface area (Å²) in [6.45, 7) is 3.79. The first-order valence-corrected chi connectivity index (χ1v) is 7.09. The molecule has 5 heteroatoms. The van der Waals surface area contributed by atoms with E-state index in [4.69, 9.17) is 4.74 Å². The van der Waals surface area contributed by atoms with E-state index in [1.54, 1.807) is 23.1 Å². The molecule has 2 rings (SSSR count). The van der Waals surface area contributed by atoms with Crippen molar-refractivity contribution in [2.45, 2.75) is 19.4 Å². The predicted molar refractivity (Wildman–Crippen MR) is 76.8 cm³/mol. The number of benzene rings is 1. The van der Waals surface area contributed by atoms with Crippen molar-refractivity contribution in [1.82, 2.24) is 4.90 Å². The van der Waals surface area contributed by atoms with Crippen LogP contribution in [0.1, 0.15) is 23.7 Å². The summed E-state index contributed by atoms with van der Waals surface area (Å²) in [5, 5.41) is 9.78. The molecule has 98 valence electrons. The minimum Gasteiger partial charge on any atom is -0.507 e. The molecule has 0 aliphatic carbocycles. The maximum Gasteiger partial charge on any atom is 0.257 e. The largest absolute Gasteiger partial charge is 0.507 e. The third-order valence-electron chi connectivity index (χ3n) is 3.07. The van der Waals surface area contributed by atoms with E-state index < -0.39 is 0 Å². The van der Waals surface area contributed by atoms with E-state index in [0.29, 0.717) is 25.3 Å². The highest BCUT2D eigenvalue weighted by Crippen LogP contribution is 2.22. The van der Waals surface area contributed by atoms with E-state index in [0.717, 1.165) is 9.99 Å². The number of carbonyl (C=O) groups is 1. The molecule has 1 amide bonds. The van der Waals surface area contributed by atoms with Crippen LogP contribution in [0.3, 0.4) is 0 Å². The maximum atomic E-state index is 12.3. The van der Waals surface area contributed by atoms with Gasteiger partial charge in [-0.1, -0.05) is 6.92 Å². The van der Waals surface area contributed by atoms with Gasteiger partial charge in [-0.05, 0) is 47.2 Å². The number of hydrogen-bond donors (Lipinski definition) is 1. The zero-order valence-electron chi connectivity index (χ0n) is 10.2. The first kappa shape index (κ1) is 13.6. The average Bonchev–Trinajstić information content (AvgIpc) is 2.41. The van der Waals surface area contributed by atoms with E-state index in [2.05, 4.69) is 22.6 Å². The van der Waals surface area contributed by atoms with E-state index in [9.17, 15) is 9.90 Å². The van der Waals surface area contributed by atoms with E-state index in [-0.39, 0.29) is 17.8 Å². The molecule has 1 aromatic rings. The fourth-order valence-electron chi connectivity index (χ4n) is 2.00. The zero-order valence-corrected chi connectivity index (χ0v) is 12.4. The molecule has 1 saturated heterocycles. The quantitative estimate of drug-likeness (QED) is 0.823. The number of rotatable bonds is 2. The van der Waals surface area contributed by atoms with Gasteiger partial charge in [0.15, 0.2) is 0 Å². The highest BCUT2D eigenvalue weighted by atomic mass is 127. The average molecular weight is 361 g/mol. The third kappa shape index (κ3) is 2.95. The van der Waals surface area contributed by atoms with Gasteiger partial charge in [-0.15, -0.1) is 0 Å². The molecule has 1 fully saturated rings. The number of halogens is 1. The van der Waals surface area contributed by atoms with Crippen molar-refractivity contribution in [2.24, 2.45) is 0 Å². The molecule has 0 saturated carbocycles. The fourth-order valence-corrected chi connectivity index (χ4v) is 2.49. The van der Waals surface area contributed by atoms with Gasteiger partial charge >= 0.3 is 0 Å². The molecule has 1 N–H and O–H groups in total. The van der Waals surface area contributed by atoms with Crippen molar-refractivity contribution in [1.29, 1.82) is 0 Å². The molecule has 0 radical (unpaired) electrons. The molecule has 1 aliphatic rings. The lowest BCUT2D eigenvalue weighted by atomic mass is 10.1. The normalized spacial score (nSPS) is 19.9. The highest BCUT2D eigenvalue weighted by molar-refractivity contribution is 14.1. The Labute approximate surface area is 120 Å². The van der Waals surface area contributed by atoms with E-state index in [1.165, 1.54) is 0 Å². The van der Waals surface area contributed by atoms with Crippen LogP contribution in [0.25, 0.3) is 0 Å². The smallest absolute Gasteiger partial charge is 0.257 e. The predicted octanol–water partition coefficient (Wildman–Crippen LogP) is 2.25. The second kappa shape index (κ2) is 5.88. The van der Waals surface area contributed by atoms with Gasteiger partial charge in [0, 0.05) is 16.7 Å². The molecule has 1 heterocycles. The van der Waals surface area contributed by atoms with Gasteiger partial charge in [0.25, 0.3) is 5.91 Å². The first-order chi connectivity index (χ1) is 8.61. The van der Waals surface area contributed by atoms with Gasteiger partial charge < -0.3 is 14.7 Å². The molecule has 0 aromatic heterocycles. The number of nitrogens with zero attached hydrogens (tertiary/aromatic N) is 1. The number of amides is 1. The van der Waals surface area contributed by atoms with Crippen LogP contribution in [0.5, 0.6) is 5.75 Å². The molecule has 1 aliphatic heterocycles.